The average Bonchev–Trinajstić information content (AvgIpc) is 3.06. The third-order valence-electron chi connectivity index (χ3n) is 5.74. The summed E-state index contributed by atoms with van der Waals surface area (Å²) in [6, 6.07) is 15.2. The van der Waals surface area contributed by atoms with Gasteiger partial charge in [0.2, 0.25) is 0 Å². The summed E-state index contributed by atoms with van der Waals surface area (Å²) >= 11 is 0. The Morgan fingerprint density at radius 1 is 1.17 bits per heavy atom. The molecule has 1 aliphatic heterocycles. The summed E-state index contributed by atoms with van der Waals surface area (Å²) in [5, 5.41) is 21.5. The van der Waals surface area contributed by atoms with Crippen LogP contribution in [0.5, 0.6) is 0 Å². The van der Waals surface area contributed by atoms with Gasteiger partial charge in [-0.2, -0.15) is 0 Å². The number of fused-ring (bicyclic) bond motifs is 1. The highest BCUT2D eigenvalue weighted by atomic mass is 16.6. The Bertz CT molecular complexity index is 1080. The van der Waals surface area contributed by atoms with Gasteiger partial charge in [0.25, 0.3) is 5.69 Å². The second kappa shape index (κ2) is 7.67. The van der Waals surface area contributed by atoms with E-state index in [0.29, 0.717) is 19.4 Å². The first kappa shape index (κ1) is 19.1. The number of nitro groups is 1. The number of carboxylic acids is 1. The minimum Gasteiger partial charge on any atom is -0.481 e. The van der Waals surface area contributed by atoms with E-state index in [9.17, 15) is 20.0 Å². The second-order valence-corrected chi connectivity index (χ2v) is 7.65. The van der Waals surface area contributed by atoms with Crippen molar-refractivity contribution in [1.29, 1.82) is 0 Å². The summed E-state index contributed by atoms with van der Waals surface area (Å²) in [5.41, 5.74) is 4.00. The Labute approximate surface area is 168 Å². The molecule has 4 rings (SSSR count). The maximum absolute atomic E-state index is 11.2. The van der Waals surface area contributed by atoms with Gasteiger partial charge in [-0.25, -0.2) is 0 Å². The molecular formula is C22H23N3O4. The van der Waals surface area contributed by atoms with Crippen LogP contribution in [-0.4, -0.2) is 38.6 Å². The molecule has 7 nitrogen and oxygen atoms in total. The SMILES string of the molecule is Cc1cc([N+](=O)[O-])ccc1-n1c(CN2CCC(C(=O)O)CC2)cc2ccccc21. The molecule has 0 aliphatic carbocycles. The van der Waals surface area contributed by atoms with Gasteiger partial charge < -0.3 is 9.67 Å². The van der Waals surface area contributed by atoms with Crippen molar-refractivity contribution in [3.05, 3.63) is 69.9 Å². The molecule has 7 heteroatoms. The lowest BCUT2D eigenvalue weighted by Gasteiger charge is -2.30. The Kier molecular flexibility index (Phi) is 5.07. The highest BCUT2D eigenvalue weighted by molar-refractivity contribution is 5.83. The summed E-state index contributed by atoms with van der Waals surface area (Å²) < 4.78 is 2.16. The maximum Gasteiger partial charge on any atom is 0.306 e. The van der Waals surface area contributed by atoms with Crippen molar-refractivity contribution in [1.82, 2.24) is 9.47 Å². The van der Waals surface area contributed by atoms with Gasteiger partial charge in [-0.3, -0.25) is 19.8 Å². The molecule has 1 saturated heterocycles. The van der Waals surface area contributed by atoms with Crippen LogP contribution in [-0.2, 0) is 11.3 Å². The van der Waals surface area contributed by atoms with Gasteiger partial charge >= 0.3 is 5.97 Å². The molecule has 3 aromatic rings. The first-order chi connectivity index (χ1) is 13.9. The predicted molar refractivity (Wildman–Crippen MR) is 110 cm³/mol. The van der Waals surface area contributed by atoms with Crippen molar-refractivity contribution in [3.63, 3.8) is 0 Å². The topological polar surface area (TPSA) is 88.6 Å². The van der Waals surface area contributed by atoms with Gasteiger partial charge in [0.05, 0.1) is 16.4 Å². The van der Waals surface area contributed by atoms with Crippen LogP contribution in [0.4, 0.5) is 5.69 Å². The van der Waals surface area contributed by atoms with E-state index in [0.717, 1.165) is 40.9 Å². The molecule has 0 saturated carbocycles. The first-order valence-electron chi connectivity index (χ1n) is 9.74. The van der Waals surface area contributed by atoms with E-state index in [2.05, 4.69) is 27.7 Å². The number of aromatic nitrogens is 1. The van der Waals surface area contributed by atoms with E-state index < -0.39 is 5.97 Å². The number of non-ortho nitro benzene ring substituents is 1. The maximum atomic E-state index is 11.2. The van der Waals surface area contributed by atoms with E-state index in [1.807, 2.05) is 19.1 Å². The molecule has 29 heavy (non-hydrogen) atoms. The fraction of sp³-hybridized carbons (Fsp3) is 0.318. The summed E-state index contributed by atoms with van der Waals surface area (Å²) in [6.07, 6.45) is 1.32. The molecule has 0 unspecified atom stereocenters. The fourth-order valence-corrected chi connectivity index (χ4v) is 4.18. The molecule has 1 aliphatic rings. The standard InChI is InChI=1S/C22H23N3O4/c1-15-12-18(25(28)29)6-7-20(15)24-19(13-17-4-2-3-5-21(17)24)14-23-10-8-16(9-11-23)22(26)27/h2-7,12-13,16H,8-11,14H2,1H3,(H,26,27). The van der Waals surface area contributed by atoms with Gasteiger partial charge in [0.15, 0.2) is 0 Å². The quantitative estimate of drug-likeness (QED) is 0.520. The molecule has 0 spiro atoms. The number of para-hydroxylation sites is 1. The van der Waals surface area contributed by atoms with Crippen molar-refractivity contribution in [2.24, 2.45) is 5.92 Å². The molecule has 150 valence electrons. The highest BCUT2D eigenvalue weighted by Gasteiger charge is 2.25. The van der Waals surface area contributed by atoms with Crippen LogP contribution in [0.2, 0.25) is 0 Å². The molecule has 0 radical (unpaired) electrons. The smallest absolute Gasteiger partial charge is 0.306 e. The van der Waals surface area contributed by atoms with Crippen molar-refractivity contribution >= 4 is 22.6 Å². The largest absolute Gasteiger partial charge is 0.481 e. The van der Waals surface area contributed by atoms with Gasteiger partial charge in [-0.05, 0) is 56.6 Å². The van der Waals surface area contributed by atoms with Crippen LogP contribution in [0, 0.1) is 23.0 Å². The Balaban J connectivity index is 1.71. The number of likely N-dealkylation sites (tertiary alicyclic amines) is 1. The summed E-state index contributed by atoms with van der Waals surface area (Å²) in [6.45, 7) is 4.09. The van der Waals surface area contributed by atoms with E-state index >= 15 is 0 Å². The van der Waals surface area contributed by atoms with Crippen LogP contribution >= 0.6 is 0 Å². The van der Waals surface area contributed by atoms with Crippen LogP contribution < -0.4 is 0 Å². The third kappa shape index (κ3) is 3.73. The van der Waals surface area contributed by atoms with E-state index in [1.165, 1.54) is 0 Å². The minimum absolute atomic E-state index is 0.0833. The number of hydrogen-bond acceptors (Lipinski definition) is 4. The number of benzene rings is 2. The van der Waals surface area contributed by atoms with Gasteiger partial charge in [0, 0.05) is 35.4 Å². The van der Waals surface area contributed by atoms with Gasteiger partial charge in [0.1, 0.15) is 0 Å². The lowest BCUT2D eigenvalue weighted by atomic mass is 9.97. The summed E-state index contributed by atoms with van der Waals surface area (Å²) in [4.78, 5) is 24.2. The van der Waals surface area contributed by atoms with E-state index in [-0.39, 0.29) is 16.5 Å². The minimum atomic E-state index is -0.708. The molecule has 0 atom stereocenters. The summed E-state index contributed by atoms with van der Waals surface area (Å²) in [7, 11) is 0. The Hall–Kier alpha value is -3.19. The molecule has 1 aromatic heterocycles. The van der Waals surface area contributed by atoms with Crippen molar-refractivity contribution in [3.8, 4) is 5.69 Å². The fourth-order valence-electron chi connectivity index (χ4n) is 4.18. The predicted octanol–water partition coefficient (Wildman–Crippen LogP) is 4.14. The van der Waals surface area contributed by atoms with Crippen molar-refractivity contribution in [2.45, 2.75) is 26.3 Å². The number of aliphatic carboxylic acids is 1. The molecule has 2 heterocycles. The lowest BCUT2D eigenvalue weighted by molar-refractivity contribution is -0.384. The Morgan fingerprint density at radius 3 is 2.55 bits per heavy atom. The van der Waals surface area contributed by atoms with E-state index in [4.69, 9.17) is 0 Å². The van der Waals surface area contributed by atoms with E-state index in [1.54, 1.807) is 18.2 Å². The normalized spacial score (nSPS) is 15.6. The zero-order chi connectivity index (χ0) is 20.5. The van der Waals surface area contributed by atoms with Crippen LogP contribution in [0.3, 0.4) is 0 Å². The zero-order valence-electron chi connectivity index (χ0n) is 16.2. The second-order valence-electron chi connectivity index (χ2n) is 7.65. The number of nitro benzene ring substituents is 1. The molecule has 1 N–H and O–H groups in total. The van der Waals surface area contributed by atoms with Crippen LogP contribution in [0.15, 0.2) is 48.5 Å². The number of nitrogens with zero attached hydrogens (tertiary/aromatic N) is 3. The molecule has 0 amide bonds. The van der Waals surface area contributed by atoms with Crippen molar-refractivity contribution in [2.75, 3.05) is 13.1 Å². The number of hydrogen-bond donors (Lipinski definition) is 1. The van der Waals surface area contributed by atoms with Crippen LogP contribution in [0.1, 0.15) is 24.1 Å². The van der Waals surface area contributed by atoms with Crippen molar-refractivity contribution < 1.29 is 14.8 Å². The molecule has 0 bridgehead atoms. The number of carboxylic acid groups (broad SMARTS) is 1. The number of rotatable bonds is 5. The summed E-state index contributed by atoms with van der Waals surface area (Å²) in [5.74, 6) is -0.964. The highest BCUT2D eigenvalue weighted by Crippen LogP contribution is 2.30. The lowest BCUT2D eigenvalue weighted by Crippen LogP contribution is -2.36. The zero-order valence-corrected chi connectivity index (χ0v) is 16.2. The van der Waals surface area contributed by atoms with Gasteiger partial charge in [-0.1, -0.05) is 18.2 Å². The van der Waals surface area contributed by atoms with Gasteiger partial charge in [-0.15, -0.1) is 0 Å². The number of carbonyl (C=O) groups is 1. The molecule has 1 fully saturated rings. The molecular weight excluding hydrogens is 370 g/mol. The Morgan fingerprint density at radius 2 is 1.90 bits per heavy atom. The first-order valence-corrected chi connectivity index (χ1v) is 9.74. The molecule has 2 aromatic carbocycles. The number of aryl methyl sites for hydroxylation is 1. The number of piperidine rings is 1. The van der Waals surface area contributed by atoms with Crippen LogP contribution in [0.25, 0.3) is 16.6 Å². The third-order valence-corrected chi connectivity index (χ3v) is 5.74. The monoisotopic (exact) mass is 393 g/mol. The average molecular weight is 393 g/mol.